The highest BCUT2D eigenvalue weighted by molar-refractivity contribution is 5.65. The Hall–Kier alpha value is -1.83. The Morgan fingerprint density at radius 3 is 2.89 bits per heavy atom. The summed E-state index contributed by atoms with van der Waals surface area (Å²) in [6.07, 6.45) is 5.19. The maximum Gasteiger partial charge on any atom is 0.133 e. The van der Waals surface area contributed by atoms with E-state index in [2.05, 4.69) is 48.4 Å². The van der Waals surface area contributed by atoms with Gasteiger partial charge in [0.25, 0.3) is 0 Å². The van der Waals surface area contributed by atoms with Gasteiger partial charge in [-0.1, -0.05) is 32.0 Å². The molecule has 0 saturated heterocycles. The summed E-state index contributed by atoms with van der Waals surface area (Å²) >= 11 is 0. The van der Waals surface area contributed by atoms with Crippen LogP contribution in [0.25, 0.3) is 0 Å². The van der Waals surface area contributed by atoms with Gasteiger partial charge in [-0.2, -0.15) is 0 Å². The quantitative estimate of drug-likeness (QED) is 0.854. The van der Waals surface area contributed by atoms with Crippen molar-refractivity contribution in [1.29, 1.82) is 0 Å². The number of hydrogen-bond acceptors (Lipinski definition) is 2. The zero-order valence-corrected chi connectivity index (χ0v) is 11.6. The minimum atomic E-state index is 0.633. The molecule has 0 fully saturated rings. The molecule has 98 valence electrons. The molecule has 1 unspecified atom stereocenters. The predicted molar refractivity (Wildman–Crippen MR) is 80.1 cm³/mol. The second-order valence-electron chi connectivity index (χ2n) is 5.36. The van der Waals surface area contributed by atoms with E-state index in [1.807, 2.05) is 12.3 Å². The molecule has 2 nitrogen and oxygen atoms in total. The Morgan fingerprint density at radius 2 is 2.05 bits per heavy atom. The van der Waals surface area contributed by atoms with Crippen LogP contribution in [0.4, 0.5) is 11.5 Å². The Labute approximate surface area is 114 Å². The number of nitrogens with one attached hydrogen (secondary N) is 1. The molecule has 2 heteroatoms. The van der Waals surface area contributed by atoms with Gasteiger partial charge in [-0.05, 0) is 54.0 Å². The molecule has 1 atom stereocenters. The Morgan fingerprint density at radius 1 is 1.21 bits per heavy atom. The molecule has 0 spiro atoms. The molecule has 1 aliphatic rings. The van der Waals surface area contributed by atoms with Crippen molar-refractivity contribution < 1.29 is 0 Å². The first-order valence-corrected chi connectivity index (χ1v) is 7.11. The van der Waals surface area contributed by atoms with Crippen LogP contribution in [0.2, 0.25) is 0 Å². The fraction of sp³-hybridized carbons (Fsp3) is 0.353. The third-order valence-corrected chi connectivity index (χ3v) is 4.12. The van der Waals surface area contributed by atoms with E-state index in [4.69, 9.17) is 0 Å². The summed E-state index contributed by atoms with van der Waals surface area (Å²) < 4.78 is 0. The second kappa shape index (κ2) is 5.04. The normalized spacial score (nSPS) is 14.8. The van der Waals surface area contributed by atoms with Crippen molar-refractivity contribution in [3.8, 4) is 0 Å². The molecule has 0 radical (unpaired) electrons. The van der Waals surface area contributed by atoms with E-state index < -0.39 is 0 Å². The van der Waals surface area contributed by atoms with Crippen molar-refractivity contribution >= 4 is 11.5 Å². The van der Waals surface area contributed by atoms with Gasteiger partial charge in [0.05, 0.1) is 0 Å². The molecule has 19 heavy (non-hydrogen) atoms. The Kier molecular flexibility index (Phi) is 3.24. The van der Waals surface area contributed by atoms with E-state index >= 15 is 0 Å². The fourth-order valence-corrected chi connectivity index (χ4v) is 2.63. The van der Waals surface area contributed by atoms with Crippen molar-refractivity contribution in [1.82, 2.24) is 4.98 Å². The summed E-state index contributed by atoms with van der Waals surface area (Å²) in [6, 6.07) is 11.0. The van der Waals surface area contributed by atoms with Gasteiger partial charge >= 0.3 is 0 Å². The van der Waals surface area contributed by atoms with Gasteiger partial charge in [0.1, 0.15) is 5.82 Å². The molecule has 0 bridgehead atoms. The Bertz CT molecular complexity index is 590. The van der Waals surface area contributed by atoms with Crippen molar-refractivity contribution in [3.63, 3.8) is 0 Å². The first-order valence-electron chi connectivity index (χ1n) is 7.11. The maximum absolute atomic E-state index is 4.44. The van der Waals surface area contributed by atoms with E-state index in [0.29, 0.717) is 5.92 Å². The first kappa shape index (κ1) is 12.2. The average molecular weight is 252 g/mol. The molecule has 0 amide bonds. The van der Waals surface area contributed by atoms with E-state index in [0.717, 1.165) is 18.7 Å². The van der Waals surface area contributed by atoms with E-state index in [1.54, 1.807) is 0 Å². The van der Waals surface area contributed by atoms with Crippen LogP contribution < -0.4 is 5.32 Å². The lowest BCUT2D eigenvalue weighted by molar-refractivity contribution is 0.732. The largest absolute Gasteiger partial charge is 0.340 e. The maximum atomic E-state index is 4.44. The summed E-state index contributed by atoms with van der Waals surface area (Å²) in [6.45, 7) is 4.54. The Balaban J connectivity index is 1.97. The van der Waals surface area contributed by atoms with Crippen molar-refractivity contribution in [2.75, 3.05) is 5.32 Å². The summed E-state index contributed by atoms with van der Waals surface area (Å²) in [5, 5.41) is 3.48. The van der Waals surface area contributed by atoms with E-state index in [-0.39, 0.29) is 0 Å². The SMILES string of the molecule is CCC(C)c1ccc2c(c1)CCc1cccnc1N2. The number of nitrogens with zero attached hydrogens (tertiary/aromatic N) is 1. The van der Waals surface area contributed by atoms with Crippen LogP contribution in [-0.4, -0.2) is 4.98 Å². The van der Waals surface area contributed by atoms with Crippen molar-refractivity contribution in [2.45, 2.75) is 39.0 Å². The first-order chi connectivity index (χ1) is 9.28. The highest BCUT2D eigenvalue weighted by Crippen LogP contribution is 2.31. The van der Waals surface area contributed by atoms with Crippen LogP contribution in [0.3, 0.4) is 0 Å². The number of rotatable bonds is 2. The van der Waals surface area contributed by atoms with Crippen LogP contribution in [-0.2, 0) is 12.8 Å². The van der Waals surface area contributed by atoms with Crippen molar-refractivity contribution in [2.24, 2.45) is 0 Å². The van der Waals surface area contributed by atoms with Crippen LogP contribution in [0.1, 0.15) is 42.9 Å². The molecular formula is C17H20N2. The smallest absolute Gasteiger partial charge is 0.133 e. The number of aromatic nitrogens is 1. The molecule has 1 aliphatic heterocycles. The average Bonchev–Trinajstić information content (AvgIpc) is 2.64. The predicted octanol–water partition coefficient (Wildman–Crippen LogP) is 4.44. The van der Waals surface area contributed by atoms with Crippen LogP contribution in [0.5, 0.6) is 0 Å². The molecule has 0 saturated carbocycles. The molecule has 1 aromatic heterocycles. The molecule has 3 rings (SSSR count). The zero-order chi connectivity index (χ0) is 13.2. The molecular weight excluding hydrogens is 232 g/mol. The van der Waals surface area contributed by atoms with Gasteiger partial charge in [-0.15, -0.1) is 0 Å². The minimum absolute atomic E-state index is 0.633. The number of hydrogen-bond donors (Lipinski definition) is 1. The molecule has 1 N–H and O–H groups in total. The van der Waals surface area contributed by atoms with Crippen LogP contribution in [0.15, 0.2) is 36.5 Å². The van der Waals surface area contributed by atoms with Gasteiger partial charge in [0, 0.05) is 11.9 Å². The lowest BCUT2D eigenvalue weighted by Crippen LogP contribution is -1.98. The second-order valence-corrected chi connectivity index (χ2v) is 5.36. The van der Waals surface area contributed by atoms with Gasteiger partial charge in [0.2, 0.25) is 0 Å². The summed E-state index contributed by atoms with van der Waals surface area (Å²) in [4.78, 5) is 4.44. The summed E-state index contributed by atoms with van der Waals surface area (Å²) in [5.41, 5.74) is 5.38. The number of anilines is 2. The van der Waals surface area contributed by atoms with Gasteiger partial charge < -0.3 is 5.32 Å². The third kappa shape index (κ3) is 2.35. The minimum Gasteiger partial charge on any atom is -0.340 e. The zero-order valence-electron chi connectivity index (χ0n) is 11.6. The number of benzene rings is 1. The van der Waals surface area contributed by atoms with Crippen LogP contribution in [0, 0.1) is 0 Å². The number of fused-ring (bicyclic) bond motifs is 2. The lowest BCUT2D eigenvalue weighted by atomic mass is 9.94. The third-order valence-electron chi connectivity index (χ3n) is 4.12. The summed E-state index contributed by atoms with van der Waals surface area (Å²) in [7, 11) is 0. The van der Waals surface area contributed by atoms with Crippen molar-refractivity contribution in [3.05, 3.63) is 53.2 Å². The monoisotopic (exact) mass is 252 g/mol. The highest BCUT2D eigenvalue weighted by atomic mass is 15.0. The molecule has 0 aliphatic carbocycles. The fourth-order valence-electron chi connectivity index (χ4n) is 2.63. The van der Waals surface area contributed by atoms with Crippen LogP contribution >= 0.6 is 0 Å². The molecule has 1 aromatic carbocycles. The highest BCUT2D eigenvalue weighted by Gasteiger charge is 2.14. The van der Waals surface area contributed by atoms with Gasteiger partial charge in [-0.3, -0.25) is 0 Å². The lowest BCUT2D eigenvalue weighted by Gasteiger charge is -2.13. The standard InChI is InChI=1S/C17H20N2/c1-3-12(2)14-8-9-16-15(11-14)7-6-13-5-4-10-18-17(13)19-16/h4-5,8-12H,3,6-7H2,1-2H3,(H,18,19). The number of aryl methyl sites for hydroxylation is 2. The van der Waals surface area contributed by atoms with Gasteiger partial charge in [0.15, 0.2) is 0 Å². The topological polar surface area (TPSA) is 24.9 Å². The molecule has 2 aromatic rings. The number of pyridine rings is 1. The summed E-state index contributed by atoms with van der Waals surface area (Å²) in [5.74, 6) is 1.64. The van der Waals surface area contributed by atoms with E-state index in [1.165, 1.54) is 28.8 Å². The molecule has 2 heterocycles. The van der Waals surface area contributed by atoms with E-state index in [9.17, 15) is 0 Å². The van der Waals surface area contributed by atoms with Gasteiger partial charge in [-0.25, -0.2) is 4.98 Å².